The van der Waals surface area contributed by atoms with Crippen LogP contribution in [0.4, 0.5) is 17.1 Å². The van der Waals surface area contributed by atoms with Gasteiger partial charge < -0.3 is 9.32 Å². The maximum absolute atomic E-state index is 10.5. The first-order chi connectivity index (χ1) is 28.6. The van der Waals surface area contributed by atoms with E-state index in [1.165, 1.54) is 32.7 Å². The fraction of sp³-hybridized carbons (Fsp3) is 0. The molecule has 0 amide bonds. The van der Waals surface area contributed by atoms with Gasteiger partial charge in [0.05, 0.1) is 11.6 Å². The van der Waals surface area contributed by atoms with Crippen LogP contribution in [0.3, 0.4) is 0 Å². The van der Waals surface area contributed by atoms with Crippen LogP contribution >= 0.6 is 0 Å². The number of benzene rings is 10. The van der Waals surface area contributed by atoms with E-state index in [9.17, 15) is 5.26 Å². The van der Waals surface area contributed by atoms with Crippen LogP contribution in [0.2, 0.25) is 0 Å². The summed E-state index contributed by atoms with van der Waals surface area (Å²) in [5, 5.41) is 19.6. The molecule has 11 aromatic rings. The van der Waals surface area contributed by atoms with E-state index in [-0.39, 0.29) is 0 Å². The van der Waals surface area contributed by atoms with E-state index in [1.54, 1.807) is 0 Å². The molecule has 0 radical (unpaired) electrons. The third kappa shape index (κ3) is 5.91. The second kappa shape index (κ2) is 13.6. The van der Waals surface area contributed by atoms with Gasteiger partial charge in [-0.15, -0.1) is 0 Å². The standard InChI is InChI=1S/C54H33N3O/c55-34-47-31-46(43-16-14-36-8-2-4-10-39(36)28-43)30-45-22-26-50(33-51(45)47)57(48-23-19-37(20-24-48)54-56-52-11-5-6-12-53(52)58-54)49-25-21-42-29-41(17-18-44(42)32-49)40-15-13-35-7-1-3-9-38(35)27-40/h1-33H. The van der Waals surface area contributed by atoms with Crippen molar-refractivity contribution in [2.45, 2.75) is 0 Å². The van der Waals surface area contributed by atoms with E-state index < -0.39 is 0 Å². The summed E-state index contributed by atoms with van der Waals surface area (Å²) in [5.41, 5.74) is 10.5. The number of fused-ring (bicyclic) bond motifs is 5. The molecule has 4 heteroatoms. The molecule has 0 saturated carbocycles. The number of para-hydroxylation sites is 2. The second-order valence-electron chi connectivity index (χ2n) is 14.8. The van der Waals surface area contributed by atoms with Gasteiger partial charge in [-0.3, -0.25) is 0 Å². The first-order valence-electron chi connectivity index (χ1n) is 19.4. The third-order valence-electron chi connectivity index (χ3n) is 11.2. The van der Waals surface area contributed by atoms with E-state index in [1.807, 2.05) is 30.3 Å². The number of hydrogen-bond donors (Lipinski definition) is 0. The Hall–Kier alpha value is -8.00. The van der Waals surface area contributed by atoms with E-state index in [2.05, 4.69) is 181 Å². The lowest BCUT2D eigenvalue weighted by molar-refractivity contribution is 0.620. The predicted molar refractivity (Wildman–Crippen MR) is 240 cm³/mol. The predicted octanol–water partition coefficient (Wildman–Crippen LogP) is 14.8. The highest BCUT2D eigenvalue weighted by Gasteiger charge is 2.17. The lowest BCUT2D eigenvalue weighted by Crippen LogP contribution is -2.10. The Morgan fingerprint density at radius 3 is 1.55 bits per heavy atom. The van der Waals surface area contributed by atoms with E-state index in [4.69, 9.17) is 9.40 Å². The van der Waals surface area contributed by atoms with Gasteiger partial charge in [0.1, 0.15) is 5.52 Å². The van der Waals surface area contributed by atoms with Crippen LogP contribution < -0.4 is 4.90 Å². The molecule has 58 heavy (non-hydrogen) atoms. The molecule has 4 nitrogen and oxygen atoms in total. The van der Waals surface area contributed by atoms with Gasteiger partial charge in [0.15, 0.2) is 5.58 Å². The van der Waals surface area contributed by atoms with Crippen molar-refractivity contribution in [3.63, 3.8) is 0 Å². The Bertz CT molecular complexity index is 3390. The van der Waals surface area contributed by atoms with Crippen molar-refractivity contribution in [3.8, 4) is 39.8 Å². The van der Waals surface area contributed by atoms with Crippen molar-refractivity contribution in [1.82, 2.24) is 4.98 Å². The van der Waals surface area contributed by atoms with Gasteiger partial charge in [-0.1, -0.05) is 109 Å². The first-order valence-corrected chi connectivity index (χ1v) is 19.4. The van der Waals surface area contributed by atoms with Gasteiger partial charge in [-0.05, 0) is 151 Å². The lowest BCUT2D eigenvalue weighted by atomic mass is 9.95. The molecule has 10 aromatic carbocycles. The van der Waals surface area contributed by atoms with Crippen molar-refractivity contribution in [1.29, 1.82) is 5.26 Å². The Morgan fingerprint density at radius 2 is 0.879 bits per heavy atom. The monoisotopic (exact) mass is 739 g/mol. The summed E-state index contributed by atoms with van der Waals surface area (Å²) in [6.07, 6.45) is 0. The Labute approximate surface area is 335 Å². The quantitative estimate of drug-likeness (QED) is 0.170. The molecule has 0 spiro atoms. The number of nitriles is 1. The first kappa shape index (κ1) is 33.3. The number of aromatic nitrogens is 1. The van der Waals surface area contributed by atoms with Gasteiger partial charge in [0.2, 0.25) is 5.89 Å². The second-order valence-corrected chi connectivity index (χ2v) is 14.8. The molecule has 0 fully saturated rings. The number of oxazole rings is 1. The van der Waals surface area contributed by atoms with Crippen LogP contribution in [0, 0.1) is 11.3 Å². The number of hydrogen-bond acceptors (Lipinski definition) is 4. The fourth-order valence-corrected chi connectivity index (χ4v) is 8.23. The molecule has 0 saturated heterocycles. The molecule has 11 rings (SSSR count). The topological polar surface area (TPSA) is 53.1 Å². The fourth-order valence-electron chi connectivity index (χ4n) is 8.23. The summed E-state index contributed by atoms with van der Waals surface area (Å²) in [5.74, 6) is 0.582. The summed E-state index contributed by atoms with van der Waals surface area (Å²) in [4.78, 5) is 6.99. The van der Waals surface area contributed by atoms with Crippen molar-refractivity contribution in [3.05, 3.63) is 206 Å². The minimum absolute atomic E-state index is 0.582. The third-order valence-corrected chi connectivity index (χ3v) is 11.2. The maximum atomic E-state index is 10.5. The van der Waals surface area contributed by atoms with Gasteiger partial charge in [-0.25, -0.2) is 4.98 Å². The summed E-state index contributed by atoms with van der Waals surface area (Å²) in [7, 11) is 0. The van der Waals surface area contributed by atoms with Gasteiger partial charge in [0, 0.05) is 28.0 Å². The summed E-state index contributed by atoms with van der Waals surface area (Å²) < 4.78 is 6.12. The van der Waals surface area contributed by atoms with Gasteiger partial charge in [-0.2, -0.15) is 5.26 Å². The molecule has 0 unspecified atom stereocenters. The summed E-state index contributed by atoms with van der Waals surface area (Å²) in [6, 6.07) is 72.6. The number of rotatable bonds is 6. The van der Waals surface area contributed by atoms with Crippen LogP contribution in [0.25, 0.3) is 87.9 Å². The summed E-state index contributed by atoms with van der Waals surface area (Å²) in [6.45, 7) is 0. The normalized spacial score (nSPS) is 11.4. The highest BCUT2D eigenvalue weighted by atomic mass is 16.3. The molecular weight excluding hydrogens is 707 g/mol. The molecule has 0 atom stereocenters. The van der Waals surface area contributed by atoms with Crippen molar-refractivity contribution in [2.75, 3.05) is 4.90 Å². The number of anilines is 3. The minimum Gasteiger partial charge on any atom is -0.436 e. The molecule has 0 bridgehead atoms. The summed E-state index contributed by atoms with van der Waals surface area (Å²) >= 11 is 0. The van der Waals surface area contributed by atoms with Crippen LogP contribution in [0.15, 0.2) is 205 Å². The zero-order chi connectivity index (χ0) is 38.6. The molecule has 0 aliphatic rings. The lowest BCUT2D eigenvalue weighted by Gasteiger charge is -2.26. The average Bonchev–Trinajstić information content (AvgIpc) is 3.73. The molecule has 0 N–H and O–H groups in total. The van der Waals surface area contributed by atoms with Crippen molar-refractivity contribution in [2.24, 2.45) is 0 Å². The van der Waals surface area contributed by atoms with E-state index in [0.717, 1.165) is 66.4 Å². The van der Waals surface area contributed by atoms with Crippen LogP contribution in [0.5, 0.6) is 0 Å². The molecule has 1 heterocycles. The SMILES string of the molecule is N#Cc1cc(-c2ccc3ccccc3c2)cc2ccc(N(c3ccc(-c4nc5ccccc5o4)cc3)c3ccc4cc(-c5ccc6ccccc6c5)ccc4c3)cc12. The highest BCUT2D eigenvalue weighted by molar-refractivity contribution is 5.99. The van der Waals surface area contributed by atoms with Crippen LogP contribution in [-0.4, -0.2) is 4.98 Å². The zero-order valence-electron chi connectivity index (χ0n) is 31.3. The highest BCUT2D eigenvalue weighted by Crippen LogP contribution is 2.40. The van der Waals surface area contributed by atoms with Crippen LogP contribution in [-0.2, 0) is 0 Å². The van der Waals surface area contributed by atoms with Crippen molar-refractivity contribution >= 4 is 71.3 Å². The Balaban J connectivity index is 1.02. The smallest absolute Gasteiger partial charge is 0.227 e. The van der Waals surface area contributed by atoms with Gasteiger partial charge >= 0.3 is 0 Å². The molecule has 270 valence electrons. The number of nitrogens with zero attached hydrogens (tertiary/aromatic N) is 3. The Morgan fingerprint density at radius 1 is 0.397 bits per heavy atom. The molecular formula is C54H33N3O. The van der Waals surface area contributed by atoms with Crippen LogP contribution in [0.1, 0.15) is 5.56 Å². The largest absolute Gasteiger partial charge is 0.436 e. The Kier molecular flexibility index (Phi) is 7.84. The molecule has 0 aliphatic heterocycles. The molecule has 0 aliphatic carbocycles. The van der Waals surface area contributed by atoms with Crippen molar-refractivity contribution < 1.29 is 4.42 Å². The van der Waals surface area contributed by atoms with Gasteiger partial charge in [0.25, 0.3) is 0 Å². The van der Waals surface area contributed by atoms with E-state index >= 15 is 0 Å². The maximum Gasteiger partial charge on any atom is 0.227 e. The molecule has 1 aromatic heterocycles. The minimum atomic E-state index is 0.582. The zero-order valence-corrected chi connectivity index (χ0v) is 31.3. The van der Waals surface area contributed by atoms with E-state index in [0.29, 0.717) is 11.5 Å². The average molecular weight is 740 g/mol.